The third kappa shape index (κ3) is 4.80. The fourth-order valence-corrected chi connectivity index (χ4v) is 6.67. The zero-order valence-electron chi connectivity index (χ0n) is 18.1. The molecule has 2 amide bonds. The quantitative estimate of drug-likeness (QED) is 0.615. The van der Waals surface area contributed by atoms with E-state index in [1.807, 2.05) is 0 Å². The van der Waals surface area contributed by atoms with Gasteiger partial charge in [-0.25, -0.2) is 0 Å². The molecule has 0 aromatic carbocycles. The Labute approximate surface area is 186 Å². The van der Waals surface area contributed by atoms with Gasteiger partial charge >= 0.3 is 5.97 Å². The number of ether oxygens (including phenoxy) is 1. The van der Waals surface area contributed by atoms with E-state index in [1.54, 1.807) is 7.11 Å². The molecular formula is C23H32N2O5S. The molecule has 0 spiro atoms. The Bertz CT molecular complexity index is 843. The highest BCUT2D eigenvalue weighted by Crippen LogP contribution is 2.40. The Morgan fingerprint density at radius 3 is 2.35 bits per heavy atom. The minimum atomic E-state index is -0.904. The van der Waals surface area contributed by atoms with E-state index >= 15 is 0 Å². The molecule has 0 aliphatic heterocycles. The van der Waals surface area contributed by atoms with Crippen LogP contribution < -0.4 is 10.6 Å². The molecule has 170 valence electrons. The number of anilines is 1. The van der Waals surface area contributed by atoms with Gasteiger partial charge in [0.1, 0.15) is 5.00 Å². The fraction of sp³-hybridized carbons (Fsp3) is 0.696. The lowest BCUT2D eigenvalue weighted by Gasteiger charge is -2.28. The van der Waals surface area contributed by atoms with Gasteiger partial charge in [-0.05, 0) is 63.4 Å². The third-order valence-corrected chi connectivity index (χ3v) is 8.36. The summed E-state index contributed by atoms with van der Waals surface area (Å²) in [6.45, 7) is 0. The van der Waals surface area contributed by atoms with Crippen LogP contribution in [0.25, 0.3) is 0 Å². The molecule has 0 bridgehead atoms. The first kappa shape index (κ1) is 22.3. The van der Waals surface area contributed by atoms with Crippen molar-refractivity contribution in [2.45, 2.75) is 82.8 Å². The Morgan fingerprint density at radius 2 is 1.68 bits per heavy atom. The molecule has 2 fully saturated rings. The third-order valence-electron chi connectivity index (χ3n) is 7.15. The average molecular weight is 449 g/mol. The van der Waals surface area contributed by atoms with E-state index in [2.05, 4.69) is 10.6 Å². The molecule has 1 heterocycles. The van der Waals surface area contributed by atoms with Crippen LogP contribution in [0.15, 0.2) is 0 Å². The van der Waals surface area contributed by atoms with E-state index in [0.29, 0.717) is 23.4 Å². The van der Waals surface area contributed by atoms with Crippen LogP contribution >= 0.6 is 11.3 Å². The number of methoxy groups -OCH3 is 1. The number of hydrogen-bond donors (Lipinski definition) is 3. The van der Waals surface area contributed by atoms with Gasteiger partial charge in [0.05, 0.1) is 23.5 Å². The van der Waals surface area contributed by atoms with Gasteiger partial charge in [-0.15, -0.1) is 11.3 Å². The van der Waals surface area contributed by atoms with Gasteiger partial charge in [0.25, 0.3) is 5.91 Å². The number of aliphatic carboxylic acids is 1. The van der Waals surface area contributed by atoms with E-state index in [1.165, 1.54) is 16.2 Å². The zero-order chi connectivity index (χ0) is 22.0. The Hall–Kier alpha value is -1.93. The number of rotatable bonds is 6. The molecule has 3 aliphatic carbocycles. The van der Waals surface area contributed by atoms with Gasteiger partial charge < -0.3 is 20.5 Å². The molecule has 31 heavy (non-hydrogen) atoms. The van der Waals surface area contributed by atoms with Gasteiger partial charge in [-0.2, -0.15) is 0 Å². The maximum absolute atomic E-state index is 13.3. The lowest BCUT2D eigenvalue weighted by Crippen LogP contribution is -2.39. The number of amides is 2. The predicted molar refractivity (Wildman–Crippen MR) is 119 cm³/mol. The number of aryl methyl sites for hydroxylation is 1. The van der Waals surface area contributed by atoms with Crippen molar-refractivity contribution in [2.75, 3.05) is 12.4 Å². The normalized spacial score (nSPS) is 28.0. The molecule has 3 aliphatic rings. The molecular weight excluding hydrogens is 416 g/mol. The van der Waals surface area contributed by atoms with Crippen LogP contribution in [0, 0.1) is 11.8 Å². The number of fused-ring (bicyclic) bond motifs is 1. The minimum Gasteiger partial charge on any atom is -0.481 e. The lowest BCUT2D eigenvalue weighted by molar-refractivity contribution is -0.147. The molecule has 0 radical (unpaired) electrons. The second-order valence-corrected chi connectivity index (χ2v) is 10.2. The standard InChI is InChI=1S/C23H32N2O5S/c1-30-14-11-9-13(10-12-14)24-21(27)19-17-7-4-8-18(17)31-22(19)25-20(26)15-5-2-3-6-16(15)23(28)29/h13-16H,2-12H2,1H3,(H,24,27)(H,25,26)(H,28,29). The van der Waals surface area contributed by atoms with Gasteiger partial charge in [-0.3, -0.25) is 14.4 Å². The summed E-state index contributed by atoms with van der Waals surface area (Å²) in [5.41, 5.74) is 1.66. The molecule has 7 nitrogen and oxygen atoms in total. The first-order chi connectivity index (χ1) is 15.0. The smallest absolute Gasteiger partial charge is 0.307 e. The van der Waals surface area contributed by atoms with E-state index < -0.39 is 17.8 Å². The number of carboxylic acid groups (broad SMARTS) is 1. The summed E-state index contributed by atoms with van der Waals surface area (Å²) >= 11 is 1.48. The van der Waals surface area contributed by atoms with Crippen LogP contribution in [0.4, 0.5) is 5.00 Å². The number of carbonyl (C=O) groups is 3. The average Bonchev–Trinajstić information content (AvgIpc) is 3.35. The zero-order valence-corrected chi connectivity index (χ0v) is 18.9. The number of hydrogen-bond acceptors (Lipinski definition) is 5. The monoisotopic (exact) mass is 448 g/mol. The van der Waals surface area contributed by atoms with Crippen molar-refractivity contribution in [1.82, 2.24) is 5.32 Å². The fourth-order valence-electron chi connectivity index (χ4n) is 5.38. The van der Waals surface area contributed by atoms with Crippen molar-refractivity contribution >= 4 is 34.1 Å². The number of carbonyl (C=O) groups excluding carboxylic acids is 2. The second-order valence-electron chi connectivity index (χ2n) is 9.07. The summed E-state index contributed by atoms with van der Waals surface area (Å²) in [6.07, 6.45) is 9.54. The second kappa shape index (κ2) is 9.69. The first-order valence-corrected chi connectivity index (χ1v) is 12.3. The molecule has 0 saturated heterocycles. The molecule has 2 saturated carbocycles. The Kier molecular flexibility index (Phi) is 6.96. The van der Waals surface area contributed by atoms with Crippen LogP contribution in [0.2, 0.25) is 0 Å². The van der Waals surface area contributed by atoms with Crippen LogP contribution in [-0.2, 0) is 27.2 Å². The molecule has 2 unspecified atom stereocenters. The van der Waals surface area contributed by atoms with Crippen molar-refractivity contribution in [1.29, 1.82) is 0 Å². The van der Waals surface area contributed by atoms with E-state index in [9.17, 15) is 19.5 Å². The Morgan fingerprint density at radius 1 is 0.968 bits per heavy atom. The topological polar surface area (TPSA) is 105 Å². The van der Waals surface area contributed by atoms with E-state index in [-0.39, 0.29) is 24.0 Å². The van der Waals surface area contributed by atoms with E-state index in [0.717, 1.165) is 63.4 Å². The molecule has 2 atom stereocenters. The van der Waals surface area contributed by atoms with Crippen LogP contribution in [0.5, 0.6) is 0 Å². The summed E-state index contributed by atoms with van der Waals surface area (Å²) in [4.78, 5) is 39.1. The van der Waals surface area contributed by atoms with Crippen molar-refractivity contribution in [3.05, 3.63) is 16.0 Å². The highest BCUT2D eigenvalue weighted by atomic mass is 32.1. The van der Waals surface area contributed by atoms with Gasteiger partial charge in [0.2, 0.25) is 5.91 Å². The summed E-state index contributed by atoms with van der Waals surface area (Å²) in [5, 5.41) is 16.3. The maximum Gasteiger partial charge on any atom is 0.307 e. The van der Waals surface area contributed by atoms with Crippen molar-refractivity contribution in [3.8, 4) is 0 Å². The number of nitrogens with one attached hydrogen (secondary N) is 2. The summed E-state index contributed by atoms with van der Waals surface area (Å²) in [5.74, 6) is -2.47. The first-order valence-electron chi connectivity index (χ1n) is 11.5. The molecule has 4 rings (SSSR count). The summed E-state index contributed by atoms with van der Waals surface area (Å²) < 4.78 is 5.42. The Balaban J connectivity index is 1.49. The summed E-state index contributed by atoms with van der Waals surface area (Å²) in [7, 11) is 1.73. The molecule has 1 aromatic rings. The van der Waals surface area contributed by atoms with Crippen molar-refractivity contribution in [3.63, 3.8) is 0 Å². The predicted octanol–water partition coefficient (Wildman–Crippen LogP) is 3.75. The summed E-state index contributed by atoms with van der Waals surface area (Å²) in [6, 6.07) is 0.120. The van der Waals surface area contributed by atoms with Crippen molar-refractivity contribution in [2.24, 2.45) is 11.8 Å². The molecule has 3 N–H and O–H groups in total. The molecule has 8 heteroatoms. The lowest BCUT2D eigenvalue weighted by atomic mass is 9.79. The number of carboxylic acids is 1. The maximum atomic E-state index is 13.3. The van der Waals surface area contributed by atoms with Crippen LogP contribution in [0.1, 0.15) is 78.6 Å². The number of thiophene rings is 1. The van der Waals surface area contributed by atoms with Gasteiger partial charge in [0.15, 0.2) is 0 Å². The van der Waals surface area contributed by atoms with E-state index in [4.69, 9.17) is 4.74 Å². The van der Waals surface area contributed by atoms with Crippen molar-refractivity contribution < 1.29 is 24.2 Å². The minimum absolute atomic E-state index is 0.117. The van der Waals surface area contributed by atoms with Crippen LogP contribution in [-0.4, -0.2) is 42.1 Å². The van der Waals surface area contributed by atoms with Gasteiger partial charge in [-0.1, -0.05) is 12.8 Å². The van der Waals surface area contributed by atoms with Crippen LogP contribution in [0.3, 0.4) is 0 Å². The highest BCUT2D eigenvalue weighted by Gasteiger charge is 2.37. The largest absolute Gasteiger partial charge is 0.481 e. The highest BCUT2D eigenvalue weighted by molar-refractivity contribution is 7.17. The van der Waals surface area contributed by atoms with Gasteiger partial charge in [0, 0.05) is 18.0 Å². The SMILES string of the molecule is COC1CCC(NC(=O)c2c(NC(=O)C3CCCCC3C(=O)O)sc3c2CCC3)CC1. The molecule has 1 aromatic heterocycles.